The second kappa shape index (κ2) is 7.80. The Morgan fingerprint density at radius 2 is 2.07 bits per heavy atom. The van der Waals surface area contributed by atoms with Crippen LogP contribution in [0.2, 0.25) is 5.02 Å². The van der Waals surface area contributed by atoms with Gasteiger partial charge in [0.1, 0.15) is 5.57 Å². The first-order valence-electron chi connectivity index (χ1n) is 8.03. The van der Waals surface area contributed by atoms with Crippen LogP contribution in [0.25, 0.3) is 11.9 Å². The molecule has 6 nitrogen and oxygen atoms in total. The maximum absolute atomic E-state index is 12.8. The van der Waals surface area contributed by atoms with Crippen molar-refractivity contribution in [2.75, 3.05) is 6.54 Å². The Bertz CT molecular complexity index is 1060. The average Bonchev–Trinajstić information content (AvgIpc) is 3.09. The number of alkyl halides is 3. The van der Waals surface area contributed by atoms with E-state index in [1.165, 1.54) is 22.9 Å². The van der Waals surface area contributed by atoms with Crippen LogP contribution in [0, 0.1) is 0 Å². The van der Waals surface area contributed by atoms with Crippen LogP contribution in [-0.2, 0) is 15.8 Å². The molecule has 0 spiro atoms. The number of halogens is 4. The monoisotopic (exact) mass is 440 g/mol. The second-order valence-electron chi connectivity index (χ2n) is 5.85. The van der Waals surface area contributed by atoms with Gasteiger partial charge in [-0.15, -0.1) is 6.58 Å². The van der Waals surface area contributed by atoms with Crippen LogP contribution in [0.5, 0.6) is 0 Å². The molecule has 2 amide bonds. The Hall–Kier alpha value is -2.98. The van der Waals surface area contributed by atoms with E-state index >= 15 is 0 Å². The predicted octanol–water partition coefficient (Wildman–Crippen LogP) is 3.36. The average molecular weight is 441 g/mol. The molecule has 11 heteroatoms. The normalized spacial score (nSPS) is 16.3. The lowest BCUT2D eigenvalue weighted by molar-refractivity contribution is -0.138. The van der Waals surface area contributed by atoms with Gasteiger partial charge in [0.25, 0.3) is 11.8 Å². The third-order valence-corrected chi connectivity index (χ3v) is 4.55. The van der Waals surface area contributed by atoms with Gasteiger partial charge < -0.3 is 4.57 Å². The summed E-state index contributed by atoms with van der Waals surface area (Å²) in [4.78, 5) is 29.8. The van der Waals surface area contributed by atoms with Gasteiger partial charge in [-0.2, -0.15) is 13.2 Å². The summed E-state index contributed by atoms with van der Waals surface area (Å²) in [7, 11) is 0. The molecule has 0 atom stereocenters. The first-order valence-corrected chi connectivity index (χ1v) is 8.82. The molecule has 0 saturated carbocycles. The van der Waals surface area contributed by atoms with E-state index in [0.29, 0.717) is 11.9 Å². The van der Waals surface area contributed by atoms with Gasteiger partial charge in [-0.25, -0.2) is 4.98 Å². The van der Waals surface area contributed by atoms with Crippen molar-refractivity contribution in [1.29, 1.82) is 0 Å². The van der Waals surface area contributed by atoms with Crippen LogP contribution < -0.4 is 5.32 Å². The number of rotatable bonds is 4. The van der Waals surface area contributed by atoms with Crippen LogP contribution in [0.1, 0.15) is 11.3 Å². The molecule has 1 aliphatic rings. The van der Waals surface area contributed by atoms with E-state index in [-0.39, 0.29) is 28.1 Å². The van der Waals surface area contributed by atoms with E-state index < -0.39 is 23.6 Å². The molecule has 150 valence electrons. The van der Waals surface area contributed by atoms with Gasteiger partial charge in [0.2, 0.25) is 0 Å². The minimum Gasteiger partial charge on any atom is -0.301 e. The lowest BCUT2D eigenvalue weighted by Gasteiger charge is -2.27. The molecule has 1 saturated heterocycles. The van der Waals surface area contributed by atoms with E-state index in [4.69, 9.17) is 23.8 Å². The summed E-state index contributed by atoms with van der Waals surface area (Å²) in [5, 5.41) is 2.12. The summed E-state index contributed by atoms with van der Waals surface area (Å²) in [6.45, 7) is 3.64. The molecule has 0 bridgehead atoms. The number of hydrogen-bond acceptors (Lipinski definition) is 4. The van der Waals surface area contributed by atoms with Gasteiger partial charge in [0.05, 0.1) is 10.6 Å². The number of nitrogens with zero attached hydrogens (tertiary/aromatic N) is 3. The van der Waals surface area contributed by atoms with Crippen LogP contribution in [-0.4, -0.2) is 37.9 Å². The zero-order chi connectivity index (χ0) is 21.3. The van der Waals surface area contributed by atoms with Crippen molar-refractivity contribution in [2.45, 2.75) is 6.18 Å². The first-order chi connectivity index (χ1) is 13.6. The lowest BCUT2D eigenvalue weighted by atomic mass is 10.1. The van der Waals surface area contributed by atoms with Gasteiger partial charge in [0, 0.05) is 24.6 Å². The van der Waals surface area contributed by atoms with Gasteiger partial charge in [-0.1, -0.05) is 17.7 Å². The molecule has 1 N–H and O–H groups in total. The molecule has 3 rings (SSSR count). The van der Waals surface area contributed by atoms with E-state index in [1.54, 1.807) is 12.1 Å². The molecule has 2 aromatic rings. The summed E-state index contributed by atoms with van der Waals surface area (Å²) in [5.41, 5.74) is -0.888. The summed E-state index contributed by atoms with van der Waals surface area (Å²) < 4.78 is 39.8. The Balaban J connectivity index is 2.02. The number of carbonyl (C=O) groups excluding carboxylic acids is 2. The number of pyridine rings is 1. The van der Waals surface area contributed by atoms with Crippen LogP contribution in [0.3, 0.4) is 0 Å². The molecule has 0 radical (unpaired) electrons. The number of amides is 2. The maximum atomic E-state index is 12.8. The summed E-state index contributed by atoms with van der Waals surface area (Å²) in [6.07, 6.45) is 0.293. The molecule has 1 fully saturated rings. The predicted molar refractivity (Wildman–Crippen MR) is 104 cm³/mol. The molecule has 0 aliphatic carbocycles. The second-order valence-corrected chi connectivity index (χ2v) is 6.65. The fraction of sp³-hybridized carbons (Fsp3) is 0.111. The number of carbonyl (C=O) groups is 2. The van der Waals surface area contributed by atoms with Gasteiger partial charge >= 0.3 is 6.18 Å². The quantitative estimate of drug-likeness (QED) is 0.343. The highest BCUT2D eigenvalue weighted by atomic mass is 35.5. The van der Waals surface area contributed by atoms with Gasteiger partial charge in [-0.05, 0) is 36.5 Å². The highest BCUT2D eigenvalue weighted by Gasteiger charge is 2.33. The lowest BCUT2D eigenvalue weighted by Crippen LogP contribution is -2.53. The van der Waals surface area contributed by atoms with Crippen molar-refractivity contribution in [3.8, 4) is 5.82 Å². The third-order valence-electron chi connectivity index (χ3n) is 3.95. The highest BCUT2D eigenvalue weighted by Crippen LogP contribution is 2.32. The fourth-order valence-electron chi connectivity index (χ4n) is 2.60. The number of thiocarbonyl (C=S) groups is 1. The summed E-state index contributed by atoms with van der Waals surface area (Å²) in [5.74, 6) is -1.31. The molecule has 29 heavy (non-hydrogen) atoms. The molecule has 3 heterocycles. The molecule has 1 aliphatic heterocycles. The summed E-state index contributed by atoms with van der Waals surface area (Å²) >= 11 is 11.0. The van der Waals surface area contributed by atoms with Crippen molar-refractivity contribution in [2.24, 2.45) is 0 Å². The van der Waals surface area contributed by atoms with Crippen molar-refractivity contribution >= 4 is 46.8 Å². The standard InChI is InChI=1S/C18H12ClF3N4O2S/c1-2-5-26-16(28)12(15(27)24-17(26)29)8-11-4-3-6-25(11)14-13(19)7-10(9-23-14)18(20,21)22/h2-4,6-9H,1,5H2,(H,24,27,29). The topological polar surface area (TPSA) is 67.2 Å². The molecular formula is C18H12ClF3N4O2S. The Morgan fingerprint density at radius 1 is 1.34 bits per heavy atom. The molecular weight excluding hydrogens is 429 g/mol. The molecule has 0 aromatic carbocycles. The number of hydrogen-bond donors (Lipinski definition) is 1. The van der Waals surface area contributed by atoms with Crippen LogP contribution >= 0.6 is 23.8 Å². The van der Waals surface area contributed by atoms with E-state index in [2.05, 4.69) is 16.9 Å². The SMILES string of the molecule is C=CCN1C(=O)C(=Cc2cccn2-c2ncc(C(F)(F)F)cc2Cl)C(=O)NC1=S. The zero-order valence-corrected chi connectivity index (χ0v) is 16.1. The number of nitrogens with one attached hydrogen (secondary N) is 1. The zero-order valence-electron chi connectivity index (χ0n) is 14.5. The van der Waals surface area contributed by atoms with Gasteiger partial charge in [-0.3, -0.25) is 19.8 Å². The van der Waals surface area contributed by atoms with E-state index in [0.717, 1.165) is 11.0 Å². The summed E-state index contributed by atoms with van der Waals surface area (Å²) in [6, 6.07) is 3.87. The van der Waals surface area contributed by atoms with Crippen molar-refractivity contribution in [1.82, 2.24) is 19.8 Å². The van der Waals surface area contributed by atoms with E-state index in [9.17, 15) is 22.8 Å². The minimum absolute atomic E-state index is 0.0126. The van der Waals surface area contributed by atoms with Crippen molar-refractivity contribution in [3.05, 3.63) is 65.1 Å². The van der Waals surface area contributed by atoms with E-state index in [1.807, 2.05) is 0 Å². The number of aromatic nitrogens is 2. The third kappa shape index (κ3) is 4.08. The largest absolute Gasteiger partial charge is 0.417 e. The smallest absolute Gasteiger partial charge is 0.301 e. The maximum Gasteiger partial charge on any atom is 0.417 e. The fourth-order valence-corrected chi connectivity index (χ4v) is 3.11. The minimum atomic E-state index is -4.59. The highest BCUT2D eigenvalue weighted by molar-refractivity contribution is 7.80. The van der Waals surface area contributed by atoms with Crippen molar-refractivity contribution < 1.29 is 22.8 Å². The Kier molecular flexibility index (Phi) is 5.58. The molecule has 2 aromatic heterocycles. The Labute approximate surface area is 173 Å². The van der Waals surface area contributed by atoms with Crippen molar-refractivity contribution in [3.63, 3.8) is 0 Å². The van der Waals surface area contributed by atoms with Crippen LogP contribution in [0.4, 0.5) is 13.2 Å². The molecule has 0 unspecified atom stereocenters. The Morgan fingerprint density at radius 3 is 2.69 bits per heavy atom. The van der Waals surface area contributed by atoms with Crippen LogP contribution in [0.15, 0.2) is 48.8 Å². The first kappa shape index (κ1) is 20.7. The van der Waals surface area contributed by atoms with Gasteiger partial charge in [0.15, 0.2) is 10.9 Å².